The van der Waals surface area contributed by atoms with Crippen LogP contribution in [-0.4, -0.2) is 52.3 Å². The highest BCUT2D eigenvalue weighted by molar-refractivity contribution is 5.95. The van der Waals surface area contributed by atoms with Gasteiger partial charge in [-0.05, 0) is 19.3 Å². The summed E-state index contributed by atoms with van der Waals surface area (Å²) in [5.74, 6) is -5.34. The van der Waals surface area contributed by atoms with Crippen LogP contribution in [0.2, 0.25) is 0 Å². The summed E-state index contributed by atoms with van der Waals surface area (Å²) in [7, 11) is 4.77. The van der Waals surface area contributed by atoms with Crippen LogP contribution in [0.4, 0.5) is 0 Å². The van der Waals surface area contributed by atoms with Gasteiger partial charge in [0.05, 0.1) is 28.4 Å². The summed E-state index contributed by atoms with van der Waals surface area (Å²) in [6.45, 7) is 3.65. The van der Waals surface area contributed by atoms with Crippen LogP contribution in [0.5, 0.6) is 0 Å². The van der Waals surface area contributed by atoms with Gasteiger partial charge < -0.3 is 18.9 Å². The molecule has 146 valence electrons. The van der Waals surface area contributed by atoms with Gasteiger partial charge in [-0.1, -0.05) is 18.2 Å². The Morgan fingerprint density at radius 2 is 1.27 bits per heavy atom. The van der Waals surface area contributed by atoms with Crippen molar-refractivity contribution in [2.45, 2.75) is 19.3 Å². The quantitative estimate of drug-likeness (QED) is 0.233. The lowest BCUT2D eigenvalue weighted by Crippen LogP contribution is -2.32. The van der Waals surface area contributed by atoms with Gasteiger partial charge in [0.15, 0.2) is 11.8 Å². The van der Waals surface area contributed by atoms with Crippen LogP contribution >= 0.6 is 0 Å². The van der Waals surface area contributed by atoms with Crippen LogP contribution in [-0.2, 0) is 38.1 Å². The van der Waals surface area contributed by atoms with Crippen molar-refractivity contribution < 1.29 is 38.1 Å². The van der Waals surface area contributed by atoms with Crippen molar-refractivity contribution in [3.05, 3.63) is 24.8 Å². The number of rotatable bonds is 11. The summed E-state index contributed by atoms with van der Waals surface area (Å²) in [6.07, 6.45) is 5.91. The van der Waals surface area contributed by atoms with Crippen molar-refractivity contribution in [2.75, 3.05) is 28.4 Å². The van der Waals surface area contributed by atoms with Crippen molar-refractivity contribution >= 4 is 23.9 Å². The fourth-order valence-electron chi connectivity index (χ4n) is 2.33. The van der Waals surface area contributed by atoms with E-state index in [1.54, 1.807) is 12.2 Å². The smallest absolute Gasteiger partial charge is 0.320 e. The third-order valence-electron chi connectivity index (χ3n) is 3.82. The number of hydrogen-bond acceptors (Lipinski definition) is 8. The Hall–Kier alpha value is -2.64. The molecular weight excluding hydrogens is 344 g/mol. The normalized spacial score (nSPS) is 11.9. The van der Waals surface area contributed by atoms with E-state index in [1.165, 1.54) is 34.5 Å². The zero-order valence-electron chi connectivity index (χ0n) is 15.6. The average molecular weight is 370 g/mol. The molecule has 0 aromatic carbocycles. The topological polar surface area (TPSA) is 105 Å². The van der Waals surface area contributed by atoms with Gasteiger partial charge in [-0.25, -0.2) is 0 Å². The maximum atomic E-state index is 11.8. The number of carbonyl (C=O) groups excluding carboxylic acids is 4. The molecule has 26 heavy (non-hydrogen) atoms. The summed E-state index contributed by atoms with van der Waals surface area (Å²) in [4.78, 5) is 46.8. The van der Waals surface area contributed by atoms with E-state index in [1.807, 2.05) is 0 Å². The minimum absolute atomic E-state index is 0.121. The van der Waals surface area contributed by atoms with E-state index in [9.17, 15) is 19.2 Å². The Kier molecular flexibility index (Phi) is 11.4. The van der Waals surface area contributed by atoms with Gasteiger partial charge in [-0.2, -0.15) is 0 Å². The van der Waals surface area contributed by atoms with E-state index in [0.29, 0.717) is 12.8 Å². The van der Waals surface area contributed by atoms with E-state index < -0.39 is 41.6 Å². The van der Waals surface area contributed by atoms with Crippen molar-refractivity contribution in [2.24, 2.45) is 17.8 Å². The van der Waals surface area contributed by atoms with E-state index in [-0.39, 0.29) is 6.42 Å². The highest BCUT2D eigenvalue weighted by atomic mass is 16.5. The van der Waals surface area contributed by atoms with Gasteiger partial charge in [0, 0.05) is 5.92 Å². The molecule has 0 amide bonds. The van der Waals surface area contributed by atoms with Gasteiger partial charge in [0.25, 0.3) is 0 Å². The fourth-order valence-corrected chi connectivity index (χ4v) is 2.33. The Bertz CT molecular complexity index is 505. The standard InChI is InChI=1S/C18H26O8/c1-6-12(14(17(21)25-4)18(22)26-5)10-8-7-9-11-13(15(19)23-2)16(20)24-3/h6-7,9,12-14H,1,8,10-11H2,2-5H3/b9-7+. The maximum Gasteiger partial charge on any atom is 0.320 e. The third kappa shape index (κ3) is 7.08. The molecule has 0 aliphatic carbocycles. The van der Waals surface area contributed by atoms with Crippen LogP contribution in [0.1, 0.15) is 19.3 Å². The van der Waals surface area contributed by atoms with Crippen LogP contribution in [0.25, 0.3) is 0 Å². The molecule has 0 heterocycles. The molecule has 8 nitrogen and oxygen atoms in total. The van der Waals surface area contributed by atoms with E-state index >= 15 is 0 Å². The molecule has 0 aromatic heterocycles. The van der Waals surface area contributed by atoms with Crippen molar-refractivity contribution in [3.8, 4) is 0 Å². The highest BCUT2D eigenvalue weighted by Crippen LogP contribution is 2.22. The fraction of sp³-hybridized carbons (Fsp3) is 0.556. The van der Waals surface area contributed by atoms with Crippen LogP contribution in [0.15, 0.2) is 24.8 Å². The Balaban J connectivity index is 4.82. The number of allylic oxidation sites excluding steroid dienone is 3. The molecule has 1 unspecified atom stereocenters. The molecule has 0 radical (unpaired) electrons. The third-order valence-corrected chi connectivity index (χ3v) is 3.82. The molecule has 0 rings (SSSR count). The number of methoxy groups -OCH3 is 4. The zero-order valence-corrected chi connectivity index (χ0v) is 15.6. The number of ether oxygens (including phenoxy) is 4. The lowest BCUT2D eigenvalue weighted by Gasteiger charge is -2.19. The first-order valence-electron chi connectivity index (χ1n) is 7.96. The second-order valence-corrected chi connectivity index (χ2v) is 5.31. The lowest BCUT2D eigenvalue weighted by atomic mass is 9.88. The van der Waals surface area contributed by atoms with Crippen molar-refractivity contribution in [1.29, 1.82) is 0 Å². The van der Waals surface area contributed by atoms with E-state index in [0.717, 1.165) is 0 Å². The first-order valence-corrected chi connectivity index (χ1v) is 7.96. The molecule has 0 fully saturated rings. The van der Waals surface area contributed by atoms with Crippen LogP contribution in [0.3, 0.4) is 0 Å². The zero-order chi connectivity index (χ0) is 20.1. The first kappa shape index (κ1) is 23.4. The molecule has 0 spiro atoms. The number of carbonyl (C=O) groups is 4. The lowest BCUT2D eigenvalue weighted by molar-refractivity contribution is -0.161. The first-order chi connectivity index (χ1) is 12.4. The molecule has 0 aromatic rings. The van der Waals surface area contributed by atoms with Crippen molar-refractivity contribution in [1.82, 2.24) is 0 Å². The number of hydrogen-bond donors (Lipinski definition) is 0. The molecule has 0 aliphatic rings. The Labute approximate surface area is 153 Å². The minimum Gasteiger partial charge on any atom is -0.468 e. The van der Waals surface area contributed by atoms with Crippen LogP contribution in [0, 0.1) is 17.8 Å². The van der Waals surface area contributed by atoms with Gasteiger partial charge >= 0.3 is 23.9 Å². The summed E-state index contributed by atoms with van der Waals surface area (Å²) in [5, 5.41) is 0. The maximum absolute atomic E-state index is 11.8. The van der Waals surface area contributed by atoms with Crippen LogP contribution < -0.4 is 0 Å². The number of esters is 4. The summed E-state index contributed by atoms with van der Waals surface area (Å²) >= 11 is 0. The molecule has 0 saturated heterocycles. The minimum atomic E-state index is -1.09. The van der Waals surface area contributed by atoms with E-state index in [4.69, 9.17) is 0 Å². The highest BCUT2D eigenvalue weighted by Gasteiger charge is 2.34. The van der Waals surface area contributed by atoms with Gasteiger partial charge in [-0.3, -0.25) is 19.2 Å². The average Bonchev–Trinajstić information content (AvgIpc) is 2.67. The molecule has 1 atom stereocenters. The predicted octanol–water partition coefficient (Wildman–Crippen LogP) is 1.44. The monoisotopic (exact) mass is 370 g/mol. The molecule has 0 saturated carbocycles. The Morgan fingerprint density at radius 1 is 0.808 bits per heavy atom. The van der Waals surface area contributed by atoms with E-state index in [2.05, 4.69) is 25.5 Å². The molecule has 0 bridgehead atoms. The van der Waals surface area contributed by atoms with Gasteiger partial charge in [-0.15, -0.1) is 6.58 Å². The second-order valence-electron chi connectivity index (χ2n) is 5.31. The second kappa shape index (κ2) is 12.7. The summed E-state index contributed by atoms with van der Waals surface area (Å²) in [6, 6.07) is 0. The Morgan fingerprint density at radius 3 is 1.65 bits per heavy atom. The van der Waals surface area contributed by atoms with Gasteiger partial charge in [0.2, 0.25) is 0 Å². The molecule has 8 heteroatoms. The molecule has 0 aliphatic heterocycles. The largest absolute Gasteiger partial charge is 0.468 e. The SMILES string of the molecule is C=CC(CC/C=C/CC(C(=O)OC)C(=O)OC)C(C(=O)OC)C(=O)OC. The predicted molar refractivity (Wildman–Crippen MR) is 91.7 cm³/mol. The molecule has 0 N–H and O–H groups in total. The molecular formula is C18H26O8. The van der Waals surface area contributed by atoms with Gasteiger partial charge in [0.1, 0.15) is 0 Å². The van der Waals surface area contributed by atoms with Crippen molar-refractivity contribution in [3.63, 3.8) is 0 Å². The summed E-state index contributed by atoms with van der Waals surface area (Å²) in [5.41, 5.74) is 0. The summed E-state index contributed by atoms with van der Waals surface area (Å²) < 4.78 is 18.4.